The number of ether oxygens (including phenoxy) is 1. The Kier molecular flexibility index (Phi) is 4.56. The van der Waals surface area contributed by atoms with E-state index in [1.807, 2.05) is 0 Å². The van der Waals surface area contributed by atoms with Crippen LogP contribution in [0.1, 0.15) is 49.4 Å². The van der Waals surface area contributed by atoms with Gasteiger partial charge in [0, 0.05) is 5.92 Å². The van der Waals surface area contributed by atoms with E-state index in [0.717, 1.165) is 25.7 Å². The number of halogens is 1. The Balaban J connectivity index is 2.21. The van der Waals surface area contributed by atoms with Crippen LogP contribution in [0.2, 0.25) is 0 Å². The molecule has 0 aliphatic heterocycles. The minimum absolute atomic E-state index is 0.0226. The van der Waals surface area contributed by atoms with Crippen LogP contribution >= 0.6 is 0 Å². The standard InChI is InChI=1S/C16H21FO2/c1-3-11-5-4-6-12(9-11)16(18)14-10-13(17)7-8-15(14)19-2/h7-8,10-12H,3-6,9H2,1-2H3. The molecule has 19 heavy (non-hydrogen) atoms. The maximum atomic E-state index is 13.3. The first-order valence-electron chi connectivity index (χ1n) is 7.03. The van der Waals surface area contributed by atoms with Crippen molar-refractivity contribution in [2.75, 3.05) is 7.11 Å². The SMILES string of the molecule is CCC1CCCC(C(=O)c2cc(F)ccc2OC)C1. The topological polar surface area (TPSA) is 26.3 Å². The van der Waals surface area contributed by atoms with Gasteiger partial charge in [0.15, 0.2) is 5.78 Å². The second-order valence-electron chi connectivity index (χ2n) is 5.35. The molecule has 0 spiro atoms. The minimum Gasteiger partial charge on any atom is -0.496 e. The third-order valence-electron chi connectivity index (χ3n) is 4.16. The molecule has 3 heteroatoms. The maximum Gasteiger partial charge on any atom is 0.169 e. The van der Waals surface area contributed by atoms with Crippen LogP contribution in [0, 0.1) is 17.7 Å². The molecule has 1 aliphatic carbocycles. The Labute approximate surface area is 114 Å². The predicted molar refractivity (Wildman–Crippen MR) is 73.0 cm³/mol. The molecule has 2 rings (SSSR count). The molecule has 0 N–H and O–H groups in total. The summed E-state index contributed by atoms with van der Waals surface area (Å²) in [7, 11) is 1.51. The van der Waals surface area contributed by atoms with E-state index < -0.39 is 0 Å². The van der Waals surface area contributed by atoms with E-state index in [4.69, 9.17) is 4.74 Å². The van der Waals surface area contributed by atoms with Crippen molar-refractivity contribution in [3.8, 4) is 5.75 Å². The summed E-state index contributed by atoms with van der Waals surface area (Å²) in [5.74, 6) is 0.781. The number of ketones is 1. The van der Waals surface area contributed by atoms with Crippen molar-refractivity contribution in [3.63, 3.8) is 0 Å². The molecule has 0 heterocycles. The molecule has 0 radical (unpaired) electrons. The summed E-state index contributed by atoms with van der Waals surface area (Å²) in [5.41, 5.74) is 0.393. The fraction of sp³-hybridized carbons (Fsp3) is 0.562. The molecule has 0 aromatic heterocycles. The predicted octanol–water partition coefficient (Wildman–Crippen LogP) is 4.23. The van der Waals surface area contributed by atoms with E-state index in [-0.39, 0.29) is 17.5 Å². The van der Waals surface area contributed by atoms with Gasteiger partial charge in [-0.05, 0) is 37.0 Å². The summed E-state index contributed by atoms with van der Waals surface area (Å²) in [6, 6.07) is 4.16. The molecule has 2 unspecified atom stereocenters. The van der Waals surface area contributed by atoms with Crippen molar-refractivity contribution in [2.24, 2.45) is 11.8 Å². The first-order valence-corrected chi connectivity index (χ1v) is 7.03. The fourth-order valence-electron chi connectivity index (χ4n) is 2.99. The average Bonchev–Trinajstić information content (AvgIpc) is 2.46. The van der Waals surface area contributed by atoms with E-state index in [1.54, 1.807) is 0 Å². The lowest BCUT2D eigenvalue weighted by molar-refractivity contribution is 0.0858. The lowest BCUT2D eigenvalue weighted by atomic mass is 9.77. The highest BCUT2D eigenvalue weighted by Gasteiger charge is 2.28. The molecule has 0 saturated heterocycles. The number of hydrogen-bond donors (Lipinski definition) is 0. The van der Waals surface area contributed by atoms with E-state index in [1.165, 1.54) is 31.7 Å². The van der Waals surface area contributed by atoms with Gasteiger partial charge in [-0.2, -0.15) is 0 Å². The van der Waals surface area contributed by atoms with Gasteiger partial charge in [0.1, 0.15) is 11.6 Å². The van der Waals surface area contributed by atoms with Gasteiger partial charge in [0.05, 0.1) is 12.7 Å². The molecular weight excluding hydrogens is 243 g/mol. The Morgan fingerprint density at radius 2 is 2.21 bits per heavy atom. The van der Waals surface area contributed by atoms with Gasteiger partial charge in [-0.1, -0.05) is 26.2 Å². The van der Waals surface area contributed by atoms with Crippen molar-refractivity contribution in [2.45, 2.75) is 39.0 Å². The number of carbonyl (C=O) groups excluding carboxylic acids is 1. The Hall–Kier alpha value is -1.38. The molecule has 2 atom stereocenters. The second kappa shape index (κ2) is 6.18. The lowest BCUT2D eigenvalue weighted by Crippen LogP contribution is -2.23. The Morgan fingerprint density at radius 1 is 1.42 bits per heavy atom. The van der Waals surface area contributed by atoms with Crippen molar-refractivity contribution in [1.29, 1.82) is 0 Å². The highest BCUT2D eigenvalue weighted by molar-refractivity contribution is 6.00. The monoisotopic (exact) mass is 264 g/mol. The largest absolute Gasteiger partial charge is 0.496 e. The molecule has 2 nitrogen and oxygen atoms in total. The Morgan fingerprint density at radius 3 is 2.89 bits per heavy atom. The van der Waals surface area contributed by atoms with Crippen molar-refractivity contribution in [3.05, 3.63) is 29.6 Å². The molecule has 1 fully saturated rings. The average molecular weight is 264 g/mol. The van der Waals surface area contributed by atoms with Gasteiger partial charge in [0.25, 0.3) is 0 Å². The second-order valence-corrected chi connectivity index (χ2v) is 5.35. The van der Waals surface area contributed by atoms with Crippen molar-refractivity contribution >= 4 is 5.78 Å². The van der Waals surface area contributed by atoms with Gasteiger partial charge in [-0.15, -0.1) is 0 Å². The number of methoxy groups -OCH3 is 1. The van der Waals surface area contributed by atoms with Crippen molar-refractivity contribution in [1.82, 2.24) is 0 Å². The molecule has 1 aliphatic rings. The summed E-state index contributed by atoms with van der Waals surface area (Å²) < 4.78 is 18.5. The summed E-state index contributed by atoms with van der Waals surface area (Å²) in [6.07, 6.45) is 5.25. The third-order valence-corrected chi connectivity index (χ3v) is 4.16. The highest BCUT2D eigenvalue weighted by atomic mass is 19.1. The molecule has 1 aromatic carbocycles. The summed E-state index contributed by atoms with van der Waals surface area (Å²) in [4.78, 5) is 12.5. The van der Waals surface area contributed by atoms with Gasteiger partial charge in [-0.25, -0.2) is 4.39 Å². The third kappa shape index (κ3) is 3.14. The number of hydrogen-bond acceptors (Lipinski definition) is 2. The minimum atomic E-state index is -0.382. The summed E-state index contributed by atoms with van der Waals surface area (Å²) >= 11 is 0. The molecule has 0 bridgehead atoms. The lowest BCUT2D eigenvalue weighted by Gasteiger charge is -2.27. The zero-order chi connectivity index (χ0) is 13.8. The molecule has 1 saturated carbocycles. The van der Waals surface area contributed by atoms with E-state index >= 15 is 0 Å². The summed E-state index contributed by atoms with van der Waals surface area (Å²) in [5, 5.41) is 0. The van der Waals surface area contributed by atoms with Gasteiger partial charge >= 0.3 is 0 Å². The maximum absolute atomic E-state index is 13.3. The normalized spacial score (nSPS) is 23.1. The van der Waals surface area contributed by atoms with Crippen LogP contribution in [0.25, 0.3) is 0 Å². The molecular formula is C16H21FO2. The number of rotatable bonds is 4. The van der Waals surface area contributed by atoms with E-state index in [9.17, 15) is 9.18 Å². The molecule has 1 aromatic rings. The molecule has 104 valence electrons. The van der Waals surface area contributed by atoms with Crippen LogP contribution in [0.15, 0.2) is 18.2 Å². The number of Topliss-reactive ketones (excluding diaryl/α,β-unsaturated/α-hetero) is 1. The first kappa shape index (κ1) is 14.0. The zero-order valence-electron chi connectivity index (χ0n) is 11.6. The van der Waals surface area contributed by atoms with E-state index in [2.05, 4.69) is 6.92 Å². The smallest absolute Gasteiger partial charge is 0.169 e. The van der Waals surface area contributed by atoms with E-state index in [0.29, 0.717) is 17.2 Å². The first-order chi connectivity index (χ1) is 9.15. The van der Waals surface area contributed by atoms with Crippen molar-refractivity contribution < 1.29 is 13.9 Å². The highest BCUT2D eigenvalue weighted by Crippen LogP contribution is 2.34. The van der Waals surface area contributed by atoms with Crippen LogP contribution in [0.5, 0.6) is 5.75 Å². The van der Waals surface area contributed by atoms with Gasteiger partial charge in [0.2, 0.25) is 0 Å². The number of carbonyl (C=O) groups is 1. The van der Waals surface area contributed by atoms with Crippen LogP contribution in [-0.4, -0.2) is 12.9 Å². The van der Waals surface area contributed by atoms with Crippen LogP contribution in [0.3, 0.4) is 0 Å². The zero-order valence-corrected chi connectivity index (χ0v) is 11.6. The van der Waals surface area contributed by atoms with Crippen LogP contribution in [-0.2, 0) is 0 Å². The number of benzene rings is 1. The fourth-order valence-corrected chi connectivity index (χ4v) is 2.99. The quantitative estimate of drug-likeness (QED) is 0.760. The van der Waals surface area contributed by atoms with Gasteiger partial charge in [-0.3, -0.25) is 4.79 Å². The van der Waals surface area contributed by atoms with Crippen LogP contribution < -0.4 is 4.74 Å². The van der Waals surface area contributed by atoms with Gasteiger partial charge < -0.3 is 4.74 Å². The molecule has 0 amide bonds. The Bertz CT molecular complexity index is 456. The van der Waals surface area contributed by atoms with Crippen LogP contribution in [0.4, 0.5) is 4.39 Å². The summed E-state index contributed by atoms with van der Waals surface area (Å²) in [6.45, 7) is 2.17.